The standard InChI is InChI=1S/C13H10N2OS/c1-16-10-8-17-11-5-2-4-9(12(10)11)13-14-6-3-7-15-13/h2-8H,1H3. The number of fused-ring (bicyclic) bond motifs is 1. The summed E-state index contributed by atoms with van der Waals surface area (Å²) in [6.07, 6.45) is 3.50. The van der Waals surface area contributed by atoms with Gasteiger partial charge in [-0.25, -0.2) is 9.97 Å². The van der Waals surface area contributed by atoms with Crippen LogP contribution in [-0.4, -0.2) is 17.1 Å². The summed E-state index contributed by atoms with van der Waals surface area (Å²) in [5.41, 5.74) is 1.02. The Hall–Kier alpha value is -1.94. The van der Waals surface area contributed by atoms with E-state index in [9.17, 15) is 0 Å². The second kappa shape index (κ2) is 4.14. The van der Waals surface area contributed by atoms with Gasteiger partial charge in [-0.3, -0.25) is 0 Å². The van der Waals surface area contributed by atoms with Crippen LogP contribution in [0.3, 0.4) is 0 Å². The Balaban J connectivity index is 2.33. The van der Waals surface area contributed by atoms with E-state index < -0.39 is 0 Å². The molecule has 0 saturated heterocycles. The number of thiophene rings is 1. The zero-order valence-electron chi connectivity index (χ0n) is 9.25. The summed E-state index contributed by atoms with van der Waals surface area (Å²) >= 11 is 1.67. The molecule has 17 heavy (non-hydrogen) atoms. The number of nitrogens with zero attached hydrogens (tertiary/aromatic N) is 2. The van der Waals surface area contributed by atoms with E-state index in [-0.39, 0.29) is 0 Å². The van der Waals surface area contributed by atoms with E-state index in [0.29, 0.717) is 0 Å². The number of rotatable bonds is 2. The molecule has 3 aromatic rings. The van der Waals surface area contributed by atoms with Gasteiger partial charge in [0.05, 0.1) is 7.11 Å². The maximum absolute atomic E-state index is 5.38. The first kappa shape index (κ1) is 10.2. The molecule has 0 aliphatic rings. The lowest BCUT2D eigenvalue weighted by Gasteiger charge is -2.03. The van der Waals surface area contributed by atoms with Crippen LogP contribution in [0.5, 0.6) is 5.75 Å². The van der Waals surface area contributed by atoms with Crippen molar-refractivity contribution in [2.75, 3.05) is 7.11 Å². The Labute approximate surface area is 103 Å². The normalized spacial score (nSPS) is 10.6. The predicted octanol–water partition coefficient (Wildman–Crippen LogP) is 3.37. The zero-order chi connectivity index (χ0) is 11.7. The van der Waals surface area contributed by atoms with E-state index in [4.69, 9.17) is 4.74 Å². The number of ether oxygens (including phenoxy) is 1. The minimum atomic E-state index is 0.731. The molecule has 0 saturated carbocycles. The van der Waals surface area contributed by atoms with Crippen molar-refractivity contribution in [2.24, 2.45) is 0 Å². The second-order valence-corrected chi connectivity index (χ2v) is 4.47. The molecule has 0 bridgehead atoms. The Morgan fingerprint density at radius 2 is 1.94 bits per heavy atom. The molecular formula is C13H10N2OS. The van der Waals surface area contributed by atoms with Crippen molar-refractivity contribution in [3.63, 3.8) is 0 Å². The van der Waals surface area contributed by atoms with Crippen LogP contribution in [0.4, 0.5) is 0 Å². The highest BCUT2D eigenvalue weighted by atomic mass is 32.1. The molecule has 0 N–H and O–H groups in total. The van der Waals surface area contributed by atoms with Gasteiger partial charge in [-0.05, 0) is 12.1 Å². The van der Waals surface area contributed by atoms with Gasteiger partial charge in [-0.1, -0.05) is 12.1 Å². The van der Waals surface area contributed by atoms with Gasteiger partial charge >= 0.3 is 0 Å². The van der Waals surface area contributed by atoms with E-state index in [1.165, 1.54) is 4.70 Å². The summed E-state index contributed by atoms with van der Waals surface area (Å²) in [6, 6.07) is 7.93. The molecule has 0 spiro atoms. The number of benzene rings is 1. The van der Waals surface area contributed by atoms with Gasteiger partial charge in [-0.2, -0.15) is 0 Å². The van der Waals surface area contributed by atoms with E-state index in [0.717, 1.165) is 22.5 Å². The van der Waals surface area contributed by atoms with Crippen LogP contribution in [0.15, 0.2) is 42.0 Å². The number of methoxy groups -OCH3 is 1. The monoisotopic (exact) mass is 242 g/mol. The summed E-state index contributed by atoms with van der Waals surface area (Å²) in [5.74, 6) is 1.61. The Morgan fingerprint density at radius 1 is 1.12 bits per heavy atom. The number of hydrogen-bond acceptors (Lipinski definition) is 4. The Kier molecular flexibility index (Phi) is 2.49. The van der Waals surface area contributed by atoms with Crippen molar-refractivity contribution in [3.8, 4) is 17.1 Å². The number of aromatic nitrogens is 2. The summed E-state index contributed by atoms with van der Waals surface area (Å²) in [4.78, 5) is 8.58. The largest absolute Gasteiger partial charge is 0.495 e. The molecule has 1 aromatic carbocycles. The van der Waals surface area contributed by atoms with Gasteiger partial charge in [0.15, 0.2) is 5.82 Å². The summed E-state index contributed by atoms with van der Waals surface area (Å²) in [7, 11) is 1.68. The van der Waals surface area contributed by atoms with E-state index in [1.54, 1.807) is 30.8 Å². The van der Waals surface area contributed by atoms with Crippen LogP contribution in [0, 0.1) is 0 Å². The van der Waals surface area contributed by atoms with Crippen molar-refractivity contribution in [2.45, 2.75) is 0 Å². The lowest BCUT2D eigenvalue weighted by molar-refractivity contribution is 0.421. The Morgan fingerprint density at radius 3 is 2.71 bits per heavy atom. The third-order valence-corrected chi connectivity index (χ3v) is 3.52. The molecule has 3 nitrogen and oxygen atoms in total. The lowest BCUT2D eigenvalue weighted by Crippen LogP contribution is -1.88. The van der Waals surface area contributed by atoms with Crippen LogP contribution in [-0.2, 0) is 0 Å². The molecule has 4 heteroatoms. The van der Waals surface area contributed by atoms with Gasteiger partial charge in [0.1, 0.15) is 5.75 Å². The first-order valence-electron chi connectivity index (χ1n) is 5.22. The second-order valence-electron chi connectivity index (χ2n) is 3.56. The predicted molar refractivity (Wildman–Crippen MR) is 69.4 cm³/mol. The van der Waals surface area contributed by atoms with Crippen LogP contribution >= 0.6 is 11.3 Å². The highest BCUT2D eigenvalue weighted by Gasteiger charge is 2.11. The van der Waals surface area contributed by atoms with E-state index in [1.807, 2.05) is 23.6 Å². The molecule has 3 rings (SSSR count). The smallest absolute Gasteiger partial charge is 0.159 e. The van der Waals surface area contributed by atoms with Crippen LogP contribution < -0.4 is 4.74 Å². The fraction of sp³-hybridized carbons (Fsp3) is 0.0769. The van der Waals surface area contributed by atoms with Gasteiger partial charge in [0, 0.05) is 33.4 Å². The molecule has 84 valence electrons. The topological polar surface area (TPSA) is 35.0 Å². The van der Waals surface area contributed by atoms with Crippen molar-refractivity contribution >= 4 is 21.4 Å². The molecule has 0 fully saturated rings. The first-order valence-corrected chi connectivity index (χ1v) is 6.09. The minimum Gasteiger partial charge on any atom is -0.495 e. The molecule has 0 unspecified atom stereocenters. The van der Waals surface area contributed by atoms with Crippen molar-refractivity contribution in [1.82, 2.24) is 9.97 Å². The lowest BCUT2D eigenvalue weighted by atomic mass is 10.1. The summed E-state index contributed by atoms with van der Waals surface area (Å²) in [6.45, 7) is 0. The zero-order valence-corrected chi connectivity index (χ0v) is 10.1. The molecular weight excluding hydrogens is 232 g/mol. The Bertz CT molecular complexity index is 649. The number of hydrogen-bond donors (Lipinski definition) is 0. The fourth-order valence-electron chi connectivity index (χ4n) is 1.83. The third kappa shape index (κ3) is 1.66. The van der Waals surface area contributed by atoms with E-state index in [2.05, 4.69) is 16.0 Å². The molecule has 0 aliphatic carbocycles. The average Bonchev–Trinajstić information content (AvgIpc) is 2.82. The molecule has 0 aliphatic heterocycles. The highest BCUT2D eigenvalue weighted by molar-refractivity contribution is 7.17. The molecule has 0 amide bonds. The van der Waals surface area contributed by atoms with Gasteiger partial charge in [0.25, 0.3) is 0 Å². The maximum Gasteiger partial charge on any atom is 0.159 e. The van der Waals surface area contributed by atoms with Crippen LogP contribution in [0.2, 0.25) is 0 Å². The van der Waals surface area contributed by atoms with Gasteiger partial charge < -0.3 is 4.74 Å². The van der Waals surface area contributed by atoms with Crippen LogP contribution in [0.1, 0.15) is 0 Å². The van der Waals surface area contributed by atoms with E-state index >= 15 is 0 Å². The molecule has 0 atom stereocenters. The SMILES string of the molecule is COc1csc2cccc(-c3ncccn3)c12. The maximum atomic E-state index is 5.38. The molecule has 2 aromatic heterocycles. The molecule has 2 heterocycles. The van der Waals surface area contributed by atoms with Crippen molar-refractivity contribution < 1.29 is 4.74 Å². The van der Waals surface area contributed by atoms with Gasteiger partial charge in [0.2, 0.25) is 0 Å². The molecule has 0 radical (unpaired) electrons. The van der Waals surface area contributed by atoms with Crippen molar-refractivity contribution in [1.29, 1.82) is 0 Å². The quantitative estimate of drug-likeness (QED) is 0.691. The summed E-state index contributed by atoms with van der Waals surface area (Å²) in [5, 5.41) is 3.10. The van der Waals surface area contributed by atoms with Gasteiger partial charge in [-0.15, -0.1) is 11.3 Å². The fourth-order valence-corrected chi connectivity index (χ4v) is 2.77. The minimum absolute atomic E-state index is 0.731. The average molecular weight is 242 g/mol. The first-order chi connectivity index (χ1) is 8.40. The summed E-state index contributed by atoms with van der Waals surface area (Å²) < 4.78 is 6.57. The van der Waals surface area contributed by atoms with Crippen molar-refractivity contribution in [3.05, 3.63) is 42.0 Å². The van der Waals surface area contributed by atoms with Crippen LogP contribution in [0.25, 0.3) is 21.5 Å². The third-order valence-electron chi connectivity index (χ3n) is 2.59. The highest BCUT2D eigenvalue weighted by Crippen LogP contribution is 2.38.